The Kier molecular flexibility index (Phi) is 9.29. The number of carbonyl (C=O) groups excluding carboxylic acids is 1. The minimum Gasteiger partial charge on any atom is -0.376 e. The number of ether oxygens (including phenoxy) is 1. The van der Waals surface area contributed by atoms with E-state index < -0.39 is 34.3 Å². The van der Waals surface area contributed by atoms with Crippen molar-refractivity contribution >= 4 is 27.7 Å². The molecule has 67 heavy (non-hydrogen) atoms. The number of nitrogens with zero attached hydrogens (tertiary/aromatic N) is 9. The number of benzene rings is 3. The lowest BCUT2D eigenvalue weighted by molar-refractivity contribution is -0.0592. The number of aromatic amines is 1. The van der Waals surface area contributed by atoms with Crippen LogP contribution in [-0.4, -0.2) is 73.0 Å². The highest BCUT2D eigenvalue weighted by Crippen LogP contribution is 2.56. The Morgan fingerprint density at radius 2 is 1.63 bits per heavy atom. The van der Waals surface area contributed by atoms with Crippen LogP contribution in [0.15, 0.2) is 81.2 Å². The second-order valence-electron chi connectivity index (χ2n) is 20.3. The number of imidazole rings is 1. The van der Waals surface area contributed by atoms with E-state index in [9.17, 15) is 9.59 Å². The van der Waals surface area contributed by atoms with Crippen LogP contribution in [0.25, 0.3) is 39.0 Å². The molecule has 346 valence electrons. The average molecular weight is 911 g/mol. The molecule has 17 heteroatoms. The Morgan fingerprint density at radius 1 is 0.910 bits per heavy atom. The number of hydrogen-bond donors (Lipinski definition) is 1. The molecule has 2 fully saturated rings. The van der Waals surface area contributed by atoms with Crippen molar-refractivity contribution in [2.45, 2.75) is 103 Å². The zero-order chi connectivity index (χ0) is 47.2. The molecule has 3 aliphatic rings. The molecule has 1 aliphatic carbocycles. The minimum atomic E-state index is -0.876. The molecule has 1 saturated heterocycles. The Labute approximate surface area is 383 Å². The number of hydrogen-bond acceptors (Lipinski definition) is 8. The molecule has 15 nitrogen and oxygen atoms in total. The van der Waals surface area contributed by atoms with Crippen molar-refractivity contribution in [3.8, 4) is 17.2 Å². The number of fused-ring (bicyclic) bond motifs is 3. The van der Waals surface area contributed by atoms with E-state index in [4.69, 9.17) is 14.4 Å². The first kappa shape index (κ1) is 42.7. The van der Waals surface area contributed by atoms with E-state index in [1.807, 2.05) is 36.3 Å². The Morgan fingerprint density at radius 3 is 2.31 bits per heavy atom. The van der Waals surface area contributed by atoms with Gasteiger partial charge in [0.2, 0.25) is 0 Å². The molecule has 1 N–H and O–H groups in total. The number of H-pyrrole nitrogens is 1. The summed E-state index contributed by atoms with van der Waals surface area (Å²) in [7, 11) is 1.72. The van der Waals surface area contributed by atoms with Gasteiger partial charge in [-0.3, -0.25) is 28.1 Å². The normalized spacial score (nSPS) is 22.2. The minimum absolute atomic E-state index is 0.0136. The molecular weight excluding hydrogens is 859 g/mol. The largest absolute Gasteiger partial charge is 0.438 e. The topological polar surface area (TPSA) is 156 Å². The van der Waals surface area contributed by atoms with Gasteiger partial charge in [0.05, 0.1) is 45.8 Å². The van der Waals surface area contributed by atoms with Gasteiger partial charge in [0, 0.05) is 54.5 Å². The average Bonchev–Trinajstić information content (AvgIpc) is 3.92. The molecule has 7 heterocycles. The summed E-state index contributed by atoms with van der Waals surface area (Å²) >= 11 is 0. The highest BCUT2D eigenvalue weighted by Gasteiger charge is 2.59. The highest BCUT2D eigenvalue weighted by molar-refractivity contribution is 6.00. The monoisotopic (exact) mass is 910 g/mol. The predicted molar refractivity (Wildman–Crippen MR) is 247 cm³/mol. The van der Waals surface area contributed by atoms with Crippen LogP contribution in [0.3, 0.4) is 0 Å². The first-order chi connectivity index (χ1) is 31.8. The lowest BCUT2D eigenvalue weighted by atomic mass is 9.80. The molecule has 1 amide bonds. The third-order valence-electron chi connectivity index (χ3n) is 14.8. The molecule has 5 aromatic heterocycles. The predicted octanol–water partition coefficient (Wildman–Crippen LogP) is 8.18. The number of amides is 1. The quantitative estimate of drug-likeness (QED) is 0.168. The van der Waals surface area contributed by atoms with Gasteiger partial charge in [0.1, 0.15) is 22.9 Å². The van der Waals surface area contributed by atoms with E-state index >= 15 is 13.6 Å². The fraction of sp³-hybridized carbons (Fsp3) is 0.400. The Hall–Kier alpha value is -6.88. The maximum absolute atomic E-state index is 16.2. The fourth-order valence-electron chi connectivity index (χ4n) is 11.2. The first-order valence-electron chi connectivity index (χ1n) is 22.8. The van der Waals surface area contributed by atoms with Gasteiger partial charge in [-0.1, -0.05) is 32.0 Å². The van der Waals surface area contributed by atoms with Crippen LogP contribution in [0.4, 0.5) is 8.78 Å². The van der Waals surface area contributed by atoms with Crippen LogP contribution in [0, 0.1) is 31.4 Å². The van der Waals surface area contributed by atoms with Gasteiger partial charge < -0.3 is 14.2 Å². The maximum Gasteiger partial charge on any atom is 0.438 e. The summed E-state index contributed by atoms with van der Waals surface area (Å²) in [6.07, 6.45) is 6.83. The molecule has 0 spiro atoms. The summed E-state index contributed by atoms with van der Waals surface area (Å²) in [4.78, 5) is 47.8. The SMILES string of the molecule is Cc1cc(-n2nc3c(c2-n2ccn(-c4ccc5c(cnn5C)c4F)c2=O)[C@H](C)N(C(=O)c2cc4cc([C@H]5CCOC(C)(C)C5)ccc4n2[C@@]2(c4noc(=O)[nH]4)C[C@@H]2C)CC3(C)C)cc(C)c1F. The van der Waals surface area contributed by atoms with Crippen molar-refractivity contribution in [2.24, 2.45) is 13.0 Å². The zero-order valence-corrected chi connectivity index (χ0v) is 38.9. The molecule has 0 radical (unpaired) electrons. The summed E-state index contributed by atoms with van der Waals surface area (Å²) in [5.41, 5.74) is 3.03. The molecule has 2 aliphatic heterocycles. The standard InChI is InChI=1S/C50H52F2N10O5/c1-26-18-33(19-27(2)40(26)51)62-43(59-16-15-58(47(59)65)37-13-12-36-34(41(37)52)24-53-57(36)9)39-29(4)60(25-48(5,6)42(39)55-62)44(63)38-21-32-20-30(31-14-17-66-49(7,8)23-31)10-11-35(32)61(38)50(22-28(50)3)45-54-46(64)67-56-45/h10-13,15-16,18-21,24,28-29,31H,14,17,22-23,25H2,1-9H3,(H,54,56,64)/t28-,29-,31-,50-/m0/s1. The lowest BCUT2D eigenvalue weighted by Gasteiger charge is -2.42. The molecule has 4 atom stereocenters. The summed E-state index contributed by atoms with van der Waals surface area (Å²) < 4.78 is 50.5. The number of halogens is 2. The van der Waals surface area contributed by atoms with Crippen molar-refractivity contribution in [1.82, 2.24) is 48.3 Å². The molecule has 3 aromatic carbocycles. The van der Waals surface area contributed by atoms with Crippen molar-refractivity contribution in [3.63, 3.8) is 0 Å². The van der Waals surface area contributed by atoms with E-state index in [1.54, 1.807) is 60.7 Å². The number of aryl methyl sites for hydroxylation is 3. The third-order valence-corrected chi connectivity index (χ3v) is 14.8. The zero-order valence-electron chi connectivity index (χ0n) is 38.9. The summed E-state index contributed by atoms with van der Waals surface area (Å²) in [6.45, 7) is 16.5. The van der Waals surface area contributed by atoms with Gasteiger partial charge in [0.15, 0.2) is 11.6 Å². The smallest absolute Gasteiger partial charge is 0.376 e. The van der Waals surface area contributed by atoms with E-state index in [1.165, 1.54) is 21.5 Å². The molecular formula is C50H52F2N10O5. The second-order valence-corrected chi connectivity index (χ2v) is 20.3. The van der Waals surface area contributed by atoms with Crippen molar-refractivity contribution in [1.29, 1.82) is 0 Å². The van der Waals surface area contributed by atoms with Gasteiger partial charge in [-0.05, 0) is 125 Å². The van der Waals surface area contributed by atoms with Crippen LogP contribution in [0.2, 0.25) is 0 Å². The molecule has 8 aromatic rings. The first-order valence-corrected chi connectivity index (χ1v) is 22.8. The van der Waals surface area contributed by atoms with Gasteiger partial charge >= 0.3 is 11.4 Å². The van der Waals surface area contributed by atoms with Crippen molar-refractivity contribution < 1.29 is 22.8 Å². The summed E-state index contributed by atoms with van der Waals surface area (Å²) in [5, 5.41) is 14.8. The number of aromatic nitrogens is 9. The van der Waals surface area contributed by atoms with Crippen LogP contribution in [-0.2, 0) is 22.7 Å². The van der Waals surface area contributed by atoms with Crippen LogP contribution >= 0.6 is 0 Å². The summed E-state index contributed by atoms with van der Waals surface area (Å²) in [5.74, 6) is -0.983. The lowest BCUT2D eigenvalue weighted by Crippen LogP contribution is -2.48. The van der Waals surface area contributed by atoms with E-state index in [2.05, 4.69) is 54.2 Å². The fourth-order valence-corrected chi connectivity index (χ4v) is 11.2. The third kappa shape index (κ3) is 6.36. The number of carbonyl (C=O) groups is 1. The van der Waals surface area contributed by atoms with Crippen LogP contribution in [0.1, 0.15) is 117 Å². The molecule has 0 bridgehead atoms. The van der Waals surface area contributed by atoms with Gasteiger partial charge in [-0.2, -0.15) is 10.2 Å². The Bertz CT molecular complexity index is 3470. The van der Waals surface area contributed by atoms with Gasteiger partial charge in [-0.25, -0.2) is 23.1 Å². The summed E-state index contributed by atoms with van der Waals surface area (Å²) in [6, 6.07) is 14.3. The number of nitrogens with one attached hydrogen (secondary N) is 1. The molecule has 1 saturated carbocycles. The van der Waals surface area contributed by atoms with Crippen molar-refractivity contribution in [2.75, 3.05) is 13.2 Å². The van der Waals surface area contributed by atoms with Crippen LogP contribution < -0.4 is 11.4 Å². The van der Waals surface area contributed by atoms with E-state index in [-0.39, 0.29) is 46.8 Å². The highest BCUT2D eigenvalue weighted by atomic mass is 19.1. The molecule has 11 rings (SSSR count). The van der Waals surface area contributed by atoms with Crippen LogP contribution in [0.5, 0.6) is 0 Å². The number of rotatable bonds is 7. The van der Waals surface area contributed by atoms with E-state index in [0.29, 0.717) is 64.0 Å². The Balaban J connectivity index is 1.09. The van der Waals surface area contributed by atoms with E-state index in [0.717, 1.165) is 29.3 Å². The molecule has 0 unspecified atom stereocenters. The maximum atomic E-state index is 16.2. The van der Waals surface area contributed by atoms with Gasteiger partial charge in [-0.15, -0.1) is 0 Å². The second kappa shape index (κ2) is 14.6. The van der Waals surface area contributed by atoms with Crippen molar-refractivity contribution in [3.05, 3.63) is 139 Å². The van der Waals surface area contributed by atoms with Gasteiger partial charge in [0.25, 0.3) is 5.91 Å².